The number of carboxylic acids is 1. The molecular formula is C25H47NO5. The summed E-state index contributed by atoms with van der Waals surface area (Å²) in [4.78, 5) is 23.5. The van der Waals surface area contributed by atoms with Crippen LogP contribution in [0.1, 0.15) is 103 Å². The summed E-state index contributed by atoms with van der Waals surface area (Å²) in [6, 6.07) is 0. The number of ketones is 1. The van der Waals surface area contributed by atoms with Gasteiger partial charge >= 0.3 is 0 Å². The molecule has 31 heavy (non-hydrogen) atoms. The van der Waals surface area contributed by atoms with Crippen LogP contribution in [0.4, 0.5) is 0 Å². The van der Waals surface area contributed by atoms with E-state index >= 15 is 0 Å². The van der Waals surface area contributed by atoms with Gasteiger partial charge in [0.25, 0.3) is 0 Å². The van der Waals surface area contributed by atoms with Crippen molar-refractivity contribution in [2.24, 2.45) is 0 Å². The molecule has 0 rings (SSSR count). The van der Waals surface area contributed by atoms with Gasteiger partial charge < -0.3 is 24.6 Å². The van der Waals surface area contributed by atoms with Gasteiger partial charge in [0.05, 0.1) is 21.1 Å². The third kappa shape index (κ3) is 16.0. The Morgan fingerprint density at radius 1 is 0.839 bits per heavy atom. The summed E-state index contributed by atoms with van der Waals surface area (Å²) in [5.74, 6) is -3.02. The van der Waals surface area contributed by atoms with Gasteiger partial charge in [-0.05, 0) is 18.9 Å². The minimum atomic E-state index is -2.17. The summed E-state index contributed by atoms with van der Waals surface area (Å²) in [7, 11) is 5.21. The van der Waals surface area contributed by atoms with E-state index in [9.17, 15) is 24.9 Å². The molecule has 6 heteroatoms. The Labute approximate surface area is 189 Å². The topological polar surface area (TPSA) is 97.7 Å². The molecule has 0 heterocycles. The number of hydrogen-bond donors (Lipinski definition) is 2. The number of likely N-dealkylation sites (N-methyl/N-ethyl adjacent to an activating group) is 1. The van der Waals surface area contributed by atoms with E-state index in [1.54, 1.807) is 21.1 Å². The summed E-state index contributed by atoms with van der Waals surface area (Å²) in [5, 5.41) is 31.7. The van der Waals surface area contributed by atoms with Gasteiger partial charge in [-0.2, -0.15) is 0 Å². The number of aliphatic hydroxyl groups excluding tert-OH is 1. The summed E-state index contributed by atoms with van der Waals surface area (Å²) >= 11 is 0. The van der Waals surface area contributed by atoms with E-state index in [-0.39, 0.29) is 11.0 Å². The predicted molar refractivity (Wildman–Crippen MR) is 124 cm³/mol. The minimum absolute atomic E-state index is 0.129. The molecule has 0 spiro atoms. The van der Waals surface area contributed by atoms with Crippen LogP contribution in [0, 0.1) is 0 Å². The molecule has 0 aromatic rings. The number of carbonyl (C=O) groups excluding carboxylic acids is 2. The van der Waals surface area contributed by atoms with Crippen LogP contribution in [0.3, 0.4) is 0 Å². The summed E-state index contributed by atoms with van der Waals surface area (Å²) in [5.41, 5.74) is -2.17. The van der Waals surface area contributed by atoms with Crippen molar-refractivity contribution in [2.45, 2.75) is 109 Å². The first-order valence-electron chi connectivity index (χ1n) is 12.2. The fourth-order valence-corrected chi connectivity index (χ4v) is 3.96. The number of carbonyl (C=O) groups is 2. The monoisotopic (exact) mass is 441 g/mol. The second-order valence-electron chi connectivity index (χ2n) is 9.98. The molecule has 2 N–H and O–H groups in total. The summed E-state index contributed by atoms with van der Waals surface area (Å²) in [6.45, 7) is 2.11. The quantitative estimate of drug-likeness (QED) is 0.128. The molecule has 0 saturated carbocycles. The van der Waals surface area contributed by atoms with Crippen molar-refractivity contribution < 1.29 is 29.4 Å². The number of hydrogen-bond acceptors (Lipinski definition) is 5. The fourth-order valence-electron chi connectivity index (χ4n) is 3.96. The van der Waals surface area contributed by atoms with Crippen LogP contribution in [0.5, 0.6) is 0 Å². The maximum atomic E-state index is 12.5. The Balaban J connectivity index is 4.07. The van der Waals surface area contributed by atoms with Crippen LogP contribution in [-0.2, 0) is 9.59 Å². The molecule has 0 aromatic heterocycles. The van der Waals surface area contributed by atoms with Crippen LogP contribution in [0.2, 0.25) is 0 Å². The molecule has 0 bridgehead atoms. The second kappa shape index (κ2) is 16.3. The SMILES string of the molecule is CCCCCCCCCCCCCCCC=C(O)C(=O)C(O)(CC(=O)[O-])C[N+](C)(C)C. The minimum Gasteiger partial charge on any atom is -0.550 e. The van der Waals surface area contributed by atoms with Gasteiger partial charge in [-0.25, -0.2) is 0 Å². The highest BCUT2D eigenvalue weighted by molar-refractivity contribution is 6.01. The molecule has 182 valence electrons. The average Bonchev–Trinajstić information content (AvgIpc) is 2.65. The van der Waals surface area contributed by atoms with Gasteiger partial charge in [0.15, 0.2) is 11.4 Å². The molecule has 0 aliphatic rings. The lowest BCUT2D eigenvalue weighted by molar-refractivity contribution is -0.875. The number of aliphatic hydroxyl groups is 2. The van der Waals surface area contributed by atoms with Crippen LogP contribution in [0.15, 0.2) is 11.8 Å². The molecule has 1 atom stereocenters. The number of carboxylic acid groups (broad SMARTS) is 1. The molecule has 6 nitrogen and oxygen atoms in total. The molecule has 0 radical (unpaired) electrons. The summed E-state index contributed by atoms with van der Waals surface area (Å²) < 4.78 is 0.182. The second-order valence-corrected chi connectivity index (χ2v) is 9.98. The smallest absolute Gasteiger partial charge is 0.234 e. The number of Topliss-reactive ketones (excluding diaryl/α,β-unsaturated/α-hetero) is 1. The average molecular weight is 442 g/mol. The van der Waals surface area contributed by atoms with Crippen LogP contribution >= 0.6 is 0 Å². The van der Waals surface area contributed by atoms with Crippen molar-refractivity contribution >= 4 is 11.8 Å². The Morgan fingerprint density at radius 3 is 1.65 bits per heavy atom. The summed E-state index contributed by atoms with van der Waals surface area (Å²) in [6.07, 6.45) is 17.3. The first-order valence-corrected chi connectivity index (χ1v) is 12.2. The highest BCUT2D eigenvalue weighted by Crippen LogP contribution is 2.20. The zero-order valence-electron chi connectivity index (χ0n) is 20.5. The Bertz CT molecular complexity index is 539. The molecule has 1 unspecified atom stereocenters. The Hall–Kier alpha value is -1.40. The van der Waals surface area contributed by atoms with Crippen LogP contribution in [0.25, 0.3) is 0 Å². The van der Waals surface area contributed by atoms with E-state index in [0.29, 0.717) is 6.42 Å². The third-order valence-corrected chi connectivity index (χ3v) is 5.47. The van der Waals surface area contributed by atoms with Crippen LogP contribution in [-0.4, -0.2) is 59.7 Å². The molecule has 0 amide bonds. The van der Waals surface area contributed by atoms with Crippen molar-refractivity contribution in [2.75, 3.05) is 27.7 Å². The van der Waals surface area contributed by atoms with Crippen molar-refractivity contribution in [1.82, 2.24) is 0 Å². The van der Waals surface area contributed by atoms with Crippen molar-refractivity contribution in [3.05, 3.63) is 11.8 Å². The zero-order valence-corrected chi connectivity index (χ0v) is 20.5. The van der Waals surface area contributed by atoms with Crippen molar-refractivity contribution in [3.63, 3.8) is 0 Å². The number of unbranched alkanes of at least 4 members (excludes halogenated alkanes) is 13. The molecular weight excluding hydrogens is 394 g/mol. The van der Waals surface area contributed by atoms with Crippen molar-refractivity contribution in [3.8, 4) is 0 Å². The molecule has 0 fully saturated rings. The molecule has 0 aromatic carbocycles. The Morgan fingerprint density at radius 2 is 1.26 bits per heavy atom. The maximum Gasteiger partial charge on any atom is 0.234 e. The zero-order chi connectivity index (χ0) is 23.8. The van der Waals surface area contributed by atoms with Crippen molar-refractivity contribution in [1.29, 1.82) is 0 Å². The molecule has 0 aliphatic heterocycles. The lowest BCUT2D eigenvalue weighted by Gasteiger charge is -2.34. The number of allylic oxidation sites excluding steroid dienone is 1. The van der Waals surface area contributed by atoms with E-state index in [2.05, 4.69) is 6.92 Å². The number of rotatable bonds is 20. The van der Waals surface area contributed by atoms with E-state index in [1.165, 1.54) is 70.3 Å². The fraction of sp³-hybridized carbons (Fsp3) is 0.840. The largest absolute Gasteiger partial charge is 0.550 e. The predicted octanol–water partition coefficient (Wildman–Crippen LogP) is 4.06. The Kier molecular flexibility index (Phi) is 15.5. The van der Waals surface area contributed by atoms with Gasteiger partial charge in [0.2, 0.25) is 5.78 Å². The van der Waals surface area contributed by atoms with E-state index in [4.69, 9.17) is 0 Å². The van der Waals surface area contributed by atoms with E-state index in [0.717, 1.165) is 19.3 Å². The highest BCUT2D eigenvalue weighted by Gasteiger charge is 2.42. The highest BCUT2D eigenvalue weighted by atomic mass is 16.4. The maximum absolute atomic E-state index is 12.5. The first-order chi connectivity index (χ1) is 14.5. The number of quaternary nitrogens is 1. The lowest BCUT2D eigenvalue weighted by Crippen LogP contribution is -2.56. The van der Waals surface area contributed by atoms with Gasteiger partial charge in [-0.15, -0.1) is 0 Å². The number of aliphatic carboxylic acids is 1. The van der Waals surface area contributed by atoms with Gasteiger partial charge in [0.1, 0.15) is 6.54 Å². The lowest BCUT2D eigenvalue weighted by atomic mass is 9.91. The first kappa shape index (κ1) is 29.6. The van der Waals surface area contributed by atoms with E-state index in [1.807, 2.05) is 0 Å². The number of nitrogens with zero attached hydrogens (tertiary/aromatic N) is 1. The standard InChI is InChI=1S/C25H47NO5/c1-5-6-7-8-9-10-11-12-13-14-15-16-17-18-19-22(27)24(30)25(31,20-23(28)29)21-26(2,3)4/h19,31H,5-18,20-21H2,1-4H3,(H-,27,28,29). The van der Waals surface area contributed by atoms with Gasteiger partial charge in [0, 0.05) is 12.4 Å². The van der Waals surface area contributed by atoms with Gasteiger partial charge in [-0.3, -0.25) is 4.79 Å². The molecule has 0 saturated heterocycles. The van der Waals surface area contributed by atoms with E-state index < -0.39 is 29.5 Å². The third-order valence-electron chi connectivity index (χ3n) is 5.47. The molecule has 0 aliphatic carbocycles. The normalized spacial score (nSPS) is 14.4. The van der Waals surface area contributed by atoms with Crippen LogP contribution < -0.4 is 5.11 Å². The van der Waals surface area contributed by atoms with Gasteiger partial charge in [-0.1, -0.05) is 84.0 Å².